The van der Waals surface area contributed by atoms with Gasteiger partial charge in [0.25, 0.3) is 0 Å². The lowest BCUT2D eigenvalue weighted by Gasteiger charge is -2.29. The Morgan fingerprint density at radius 3 is 2.76 bits per heavy atom. The molecule has 2 fully saturated rings. The highest BCUT2D eigenvalue weighted by atomic mass is 32.1. The van der Waals surface area contributed by atoms with Gasteiger partial charge in [-0.15, -0.1) is 0 Å². The summed E-state index contributed by atoms with van der Waals surface area (Å²) in [6.45, 7) is 4.40. The fourth-order valence-corrected chi connectivity index (χ4v) is 3.72. The zero-order valence-corrected chi connectivity index (χ0v) is 12.1. The monoisotopic (exact) mass is 254 g/mol. The summed E-state index contributed by atoms with van der Waals surface area (Å²) in [7, 11) is 2.15. The van der Waals surface area contributed by atoms with Gasteiger partial charge >= 0.3 is 0 Å². The zero-order valence-electron chi connectivity index (χ0n) is 11.2. The molecule has 3 heteroatoms. The highest BCUT2D eigenvalue weighted by molar-refractivity contribution is 7.80. The molecule has 0 spiro atoms. The molecule has 2 rings (SSSR count). The van der Waals surface area contributed by atoms with Crippen LogP contribution in [0.4, 0.5) is 0 Å². The first kappa shape index (κ1) is 13.1. The van der Waals surface area contributed by atoms with Crippen molar-refractivity contribution in [3.63, 3.8) is 0 Å². The fraction of sp³-hybridized carbons (Fsp3) is 0.929. The maximum atomic E-state index is 5.43. The summed E-state index contributed by atoms with van der Waals surface area (Å²) in [5.74, 6) is 2.95. The molecule has 0 heterocycles. The van der Waals surface area contributed by atoms with Gasteiger partial charge in [0, 0.05) is 20.1 Å². The molecule has 2 bridgehead atoms. The number of nitrogens with zero attached hydrogens (tertiary/aromatic N) is 1. The third-order valence-corrected chi connectivity index (χ3v) is 5.00. The predicted octanol–water partition coefficient (Wildman–Crippen LogP) is 3.03. The van der Waals surface area contributed by atoms with E-state index >= 15 is 0 Å². The molecular formula is C14H26N2S. The van der Waals surface area contributed by atoms with E-state index in [0.717, 1.165) is 29.4 Å². The number of rotatable bonds is 5. The first-order valence-electron chi connectivity index (χ1n) is 7.19. The van der Waals surface area contributed by atoms with Crippen LogP contribution in [0.3, 0.4) is 0 Å². The first-order valence-corrected chi connectivity index (χ1v) is 7.60. The van der Waals surface area contributed by atoms with Crippen LogP contribution in [0.5, 0.6) is 0 Å². The molecule has 0 amide bonds. The maximum absolute atomic E-state index is 5.43. The van der Waals surface area contributed by atoms with Crippen molar-refractivity contribution in [2.24, 2.45) is 17.8 Å². The van der Waals surface area contributed by atoms with E-state index in [1.165, 1.54) is 45.1 Å². The standard InChI is InChI=1S/C14H26N2S/c1-3-4-7-15-14(17)16(2)10-13-9-11-5-6-12(13)8-11/h11-13H,3-10H2,1-2H3,(H,15,17). The van der Waals surface area contributed by atoms with E-state index in [1.54, 1.807) is 0 Å². The molecule has 17 heavy (non-hydrogen) atoms. The molecule has 1 N–H and O–H groups in total. The second-order valence-electron chi connectivity index (χ2n) is 5.90. The number of hydrogen-bond acceptors (Lipinski definition) is 1. The van der Waals surface area contributed by atoms with Crippen LogP contribution in [0.2, 0.25) is 0 Å². The van der Waals surface area contributed by atoms with Gasteiger partial charge in [0.1, 0.15) is 0 Å². The van der Waals surface area contributed by atoms with E-state index in [-0.39, 0.29) is 0 Å². The Balaban J connectivity index is 1.69. The lowest BCUT2D eigenvalue weighted by molar-refractivity contribution is 0.275. The molecule has 3 atom stereocenters. The fourth-order valence-electron chi connectivity index (χ4n) is 3.54. The van der Waals surface area contributed by atoms with Crippen LogP contribution < -0.4 is 5.32 Å². The summed E-state index contributed by atoms with van der Waals surface area (Å²) < 4.78 is 0. The highest BCUT2D eigenvalue weighted by Gasteiger charge is 2.39. The lowest BCUT2D eigenvalue weighted by Crippen LogP contribution is -2.40. The van der Waals surface area contributed by atoms with Crippen LogP contribution in [0.1, 0.15) is 45.4 Å². The van der Waals surface area contributed by atoms with Gasteiger partial charge in [0.05, 0.1) is 0 Å². The van der Waals surface area contributed by atoms with Crippen LogP contribution in [-0.4, -0.2) is 30.1 Å². The molecule has 3 unspecified atom stereocenters. The largest absolute Gasteiger partial charge is 0.363 e. The summed E-state index contributed by atoms with van der Waals surface area (Å²) in [4.78, 5) is 2.26. The molecule has 2 nitrogen and oxygen atoms in total. The summed E-state index contributed by atoms with van der Waals surface area (Å²) in [5.41, 5.74) is 0. The van der Waals surface area contributed by atoms with Crippen molar-refractivity contribution in [2.45, 2.75) is 45.4 Å². The van der Waals surface area contributed by atoms with Gasteiger partial charge in [-0.2, -0.15) is 0 Å². The summed E-state index contributed by atoms with van der Waals surface area (Å²) >= 11 is 5.43. The summed E-state index contributed by atoms with van der Waals surface area (Å²) in [5, 5.41) is 4.30. The minimum Gasteiger partial charge on any atom is -0.363 e. The van der Waals surface area contributed by atoms with Crippen LogP contribution in [-0.2, 0) is 0 Å². The Morgan fingerprint density at radius 1 is 1.35 bits per heavy atom. The van der Waals surface area contributed by atoms with Crippen molar-refractivity contribution in [1.29, 1.82) is 0 Å². The number of unbranched alkanes of at least 4 members (excludes halogenated alkanes) is 1. The van der Waals surface area contributed by atoms with E-state index in [1.807, 2.05) is 0 Å². The van der Waals surface area contributed by atoms with E-state index < -0.39 is 0 Å². The smallest absolute Gasteiger partial charge is 0.168 e. The highest BCUT2D eigenvalue weighted by Crippen LogP contribution is 2.48. The molecule has 0 radical (unpaired) electrons. The van der Waals surface area contributed by atoms with Crippen molar-refractivity contribution in [3.05, 3.63) is 0 Å². The molecule has 0 aromatic carbocycles. The van der Waals surface area contributed by atoms with Gasteiger partial charge in [-0.25, -0.2) is 0 Å². The number of nitrogens with one attached hydrogen (secondary N) is 1. The van der Waals surface area contributed by atoms with E-state index in [4.69, 9.17) is 12.2 Å². The number of hydrogen-bond donors (Lipinski definition) is 1. The number of fused-ring (bicyclic) bond motifs is 2. The Bertz CT molecular complexity index is 267. The maximum Gasteiger partial charge on any atom is 0.168 e. The van der Waals surface area contributed by atoms with Gasteiger partial charge in [-0.3, -0.25) is 0 Å². The van der Waals surface area contributed by atoms with Crippen molar-refractivity contribution in [1.82, 2.24) is 10.2 Å². The predicted molar refractivity (Wildman–Crippen MR) is 77.1 cm³/mol. The van der Waals surface area contributed by atoms with Crippen molar-refractivity contribution in [2.75, 3.05) is 20.1 Å². The second kappa shape index (κ2) is 6.03. The molecule has 98 valence electrons. The quantitative estimate of drug-likeness (QED) is 0.600. The number of thiocarbonyl (C=S) groups is 1. The summed E-state index contributed by atoms with van der Waals surface area (Å²) in [6, 6.07) is 0. The van der Waals surface area contributed by atoms with Crippen LogP contribution in [0.25, 0.3) is 0 Å². The lowest BCUT2D eigenvalue weighted by atomic mass is 9.88. The molecule has 2 aliphatic rings. The Labute approximate surface area is 111 Å². The molecule has 0 saturated heterocycles. The third-order valence-electron chi connectivity index (χ3n) is 4.55. The zero-order chi connectivity index (χ0) is 12.3. The molecule has 0 aromatic rings. The van der Waals surface area contributed by atoms with Crippen molar-refractivity contribution in [3.8, 4) is 0 Å². The van der Waals surface area contributed by atoms with E-state index in [9.17, 15) is 0 Å². The van der Waals surface area contributed by atoms with Gasteiger partial charge in [-0.1, -0.05) is 19.8 Å². The Kier molecular flexibility index (Phi) is 4.66. The Morgan fingerprint density at radius 2 is 2.18 bits per heavy atom. The second-order valence-corrected chi connectivity index (χ2v) is 6.29. The van der Waals surface area contributed by atoms with Gasteiger partial charge in [0.15, 0.2) is 5.11 Å². The SMILES string of the molecule is CCCCNC(=S)N(C)CC1CC2CCC1C2. The average molecular weight is 254 g/mol. The van der Waals surface area contributed by atoms with Crippen LogP contribution in [0, 0.1) is 17.8 Å². The molecule has 0 aromatic heterocycles. The van der Waals surface area contributed by atoms with Gasteiger partial charge in [-0.05, 0) is 55.7 Å². The van der Waals surface area contributed by atoms with Crippen LogP contribution in [0.15, 0.2) is 0 Å². The van der Waals surface area contributed by atoms with Crippen molar-refractivity contribution < 1.29 is 0 Å². The van der Waals surface area contributed by atoms with Crippen molar-refractivity contribution >= 4 is 17.3 Å². The van der Waals surface area contributed by atoms with Gasteiger partial charge in [0.2, 0.25) is 0 Å². The minimum atomic E-state index is 0.907. The molecule has 2 aliphatic carbocycles. The van der Waals surface area contributed by atoms with E-state index in [0.29, 0.717) is 0 Å². The van der Waals surface area contributed by atoms with Crippen LogP contribution >= 0.6 is 12.2 Å². The normalized spacial score (nSPS) is 30.6. The minimum absolute atomic E-state index is 0.907. The summed E-state index contributed by atoms with van der Waals surface area (Å²) in [6.07, 6.45) is 8.35. The first-order chi connectivity index (χ1) is 8.20. The molecule has 2 saturated carbocycles. The topological polar surface area (TPSA) is 15.3 Å². The Hall–Kier alpha value is -0.310. The van der Waals surface area contributed by atoms with Gasteiger partial charge < -0.3 is 10.2 Å². The third kappa shape index (κ3) is 3.34. The molecular weight excluding hydrogens is 228 g/mol. The average Bonchev–Trinajstić information content (AvgIpc) is 2.91. The van der Waals surface area contributed by atoms with E-state index in [2.05, 4.69) is 24.2 Å². The molecule has 0 aliphatic heterocycles.